The number of carbonyl (C=O) groups excluding carboxylic acids is 1. The molecule has 3 heterocycles. The fourth-order valence-corrected chi connectivity index (χ4v) is 2.92. The molecular weight excluding hydrogens is 364 g/mol. The molecule has 0 spiro atoms. The Bertz CT molecular complexity index is 1090. The summed E-state index contributed by atoms with van der Waals surface area (Å²) in [6.07, 6.45) is 3.12. The van der Waals surface area contributed by atoms with E-state index in [1.807, 2.05) is 6.07 Å². The molecular formula is C21H13F2N3O2. The molecule has 138 valence electrons. The van der Waals surface area contributed by atoms with Gasteiger partial charge in [0, 0.05) is 35.8 Å². The molecule has 0 aliphatic carbocycles. The van der Waals surface area contributed by atoms with E-state index in [4.69, 9.17) is 4.74 Å². The first-order valence-corrected chi connectivity index (χ1v) is 8.40. The fraction of sp³-hybridized carbons (Fsp3) is 0.0952. The van der Waals surface area contributed by atoms with E-state index < -0.39 is 29.9 Å². The van der Waals surface area contributed by atoms with Crippen molar-refractivity contribution in [3.05, 3.63) is 95.1 Å². The third-order valence-corrected chi connectivity index (χ3v) is 4.20. The lowest BCUT2D eigenvalue weighted by atomic mass is 9.96. The number of rotatable bonds is 2. The van der Waals surface area contributed by atoms with Crippen molar-refractivity contribution in [1.29, 1.82) is 0 Å². The number of carbonyl (C=O) groups is 1. The normalized spacial score (nSPS) is 18.0. The topological polar surface area (TPSA) is 64.1 Å². The van der Waals surface area contributed by atoms with Crippen molar-refractivity contribution in [2.24, 2.45) is 0 Å². The molecule has 7 heteroatoms. The average molecular weight is 377 g/mol. The molecule has 1 amide bonds. The number of aromatic nitrogens is 2. The number of pyridine rings is 2. The standard InChI is InChI=1S/C21H13F2N3O2/c22-15-5-7-17(18(23)10-15)20-19(26-21(27)28-20)14-9-13(11-24-12-14)4-6-16-3-1-2-8-25-16/h1-3,5,7-12,19-20H,(H,26,27)/t19-,20-/m1/s1. The highest BCUT2D eigenvalue weighted by molar-refractivity contribution is 5.71. The Balaban J connectivity index is 1.66. The highest BCUT2D eigenvalue weighted by Gasteiger charge is 2.38. The van der Waals surface area contributed by atoms with Gasteiger partial charge in [0.05, 0.1) is 0 Å². The largest absolute Gasteiger partial charge is 0.439 e. The number of nitrogens with zero attached hydrogens (tertiary/aromatic N) is 2. The molecule has 2 aromatic heterocycles. The van der Waals surface area contributed by atoms with Gasteiger partial charge < -0.3 is 10.1 Å². The van der Waals surface area contributed by atoms with Gasteiger partial charge in [-0.15, -0.1) is 0 Å². The Morgan fingerprint density at radius 3 is 2.75 bits per heavy atom. The maximum absolute atomic E-state index is 14.2. The van der Waals surface area contributed by atoms with E-state index in [2.05, 4.69) is 27.1 Å². The van der Waals surface area contributed by atoms with Crippen LogP contribution in [0.3, 0.4) is 0 Å². The third-order valence-electron chi connectivity index (χ3n) is 4.20. The molecule has 1 aliphatic rings. The number of halogens is 2. The monoisotopic (exact) mass is 377 g/mol. The molecule has 28 heavy (non-hydrogen) atoms. The first-order valence-electron chi connectivity index (χ1n) is 8.40. The molecule has 1 fully saturated rings. The van der Waals surface area contributed by atoms with Gasteiger partial charge in [0.25, 0.3) is 0 Å². The summed E-state index contributed by atoms with van der Waals surface area (Å²) in [5.74, 6) is 4.39. The van der Waals surface area contributed by atoms with Crippen LogP contribution in [0.1, 0.15) is 34.5 Å². The Hall–Kier alpha value is -3.79. The number of alkyl carbamates (subject to hydrolysis) is 1. The molecule has 4 rings (SSSR count). The van der Waals surface area contributed by atoms with Crippen molar-refractivity contribution in [2.45, 2.75) is 12.1 Å². The van der Waals surface area contributed by atoms with Gasteiger partial charge in [-0.1, -0.05) is 12.0 Å². The van der Waals surface area contributed by atoms with Crippen LogP contribution in [0, 0.1) is 23.5 Å². The Morgan fingerprint density at radius 2 is 1.96 bits per heavy atom. The summed E-state index contributed by atoms with van der Waals surface area (Å²) < 4.78 is 32.6. The number of cyclic esters (lactones) is 1. The summed E-state index contributed by atoms with van der Waals surface area (Å²) in [4.78, 5) is 20.1. The van der Waals surface area contributed by atoms with Crippen molar-refractivity contribution in [3.8, 4) is 11.8 Å². The van der Waals surface area contributed by atoms with Crippen molar-refractivity contribution in [3.63, 3.8) is 0 Å². The SMILES string of the molecule is O=C1N[C@H](c2cncc(C#Cc3ccccn3)c2)[C@@H](c2ccc(F)cc2F)O1. The van der Waals surface area contributed by atoms with Crippen LogP contribution in [0.25, 0.3) is 0 Å². The molecule has 1 aromatic carbocycles. The van der Waals surface area contributed by atoms with Crippen LogP contribution in [-0.2, 0) is 4.74 Å². The van der Waals surface area contributed by atoms with Crippen molar-refractivity contribution < 1.29 is 18.3 Å². The summed E-state index contributed by atoms with van der Waals surface area (Å²) in [6.45, 7) is 0. The molecule has 0 radical (unpaired) electrons. The summed E-state index contributed by atoms with van der Waals surface area (Å²) in [5, 5.41) is 2.64. The first-order chi connectivity index (χ1) is 13.6. The number of amides is 1. The van der Waals surface area contributed by atoms with E-state index in [1.165, 1.54) is 6.07 Å². The van der Waals surface area contributed by atoms with Crippen molar-refractivity contribution >= 4 is 6.09 Å². The van der Waals surface area contributed by atoms with Crippen LogP contribution < -0.4 is 5.32 Å². The van der Waals surface area contributed by atoms with Crippen LogP contribution in [0.2, 0.25) is 0 Å². The number of ether oxygens (including phenoxy) is 1. The average Bonchev–Trinajstić information content (AvgIpc) is 3.09. The maximum Gasteiger partial charge on any atom is 0.408 e. The van der Waals surface area contributed by atoms with Crippen LogP contribution in [0.5, 0.6) is 0 Å². The molecule has 2 atom stereocenters. The molecule has 1 aliphatic heterocycles. The minimum Gasteiger partial charge on any atom is -0.439 e. The summed E-state index contributed by atoms with van der Waals surface area (Å²) in [5.41, 5.74) is 1.88. The van der Waals surface area contributed by atoms with Gasteiger partial charge in [-0.05, 0) is 41.8 Å². The number of benzene rings is 1. The lowest BCUT2D eigenvalue weighted by Gasteiger charge is -2.18. The molecule has 1 N–H and O–H groups in total. The van der Waals surface area contributed by atoms with Crippen LogP contribution >= 0.6 is 0 Å². The molecule has 5 nitrogen and oxygen atoms in total. The number of hydrogen-bond acceptors (Lipinski definition) is 4. The molecule has 0 saturated carbocycles. The van der Waals surface area contributed by atoms with Crippen molar-refractivity contribution in [2.75, 3.05) is 0 Å². The van der Waals surface area contributed by atoms with E-state index >= 15 is 0 Å². The highest BCUT2D eigenvalue weighted by atomic mass is 19.1. The Labute approximate surface area is 159 Å². The number of hydrogen-bond donors (Lipinski definition) is 1. The van der Waals surface area contributed by atoms with E-state index in [9.17, 15) is 13.6 Å². The zero-order valence-corrected chi connectivity index (χ0v) is 14.4. The lowest BCUT2D eigenvalue weighted by Crippen LogP contribution is -2.20. The van der Waals surface area contributed by atoms with Gasteiger partial charge >= 0.3 is 6.09 Å². The van der Waals surface area contributed by atoms with Crippen LogP contribution in [0.4, 0.5) is 13.6 Å². The lowest BCUT2D eigenvalue weighted by molar-refractivity contribution is 0.130. The summed E-state index contributed by atoms with van der Waals surface area (Å²) in [6, 6.07) is 9.60. The van der Waals surface area contributed by atoms with Crippen LogP contribution in [0.15, 0.2) is 61.1 Å². The Morgan fingerprint density at radius 1 is 1.07 bits per heavy atom. The van der Waals surface area contributed by atoms with Gasteiger partial charge in [-0.25, -0.2) is 18.6 Å². The highest BCUT2D eigenvalue weighted by Crippen LogP contribution is 2.37. The minimum absolute atomic E-state index is 0.0784. The summed E-state index contributed by atoms with van der Waals surface area (Å²) in [7, 11) is 0. The first kappa shape index (κ1) is 17.6. The smallest absolute Gasteiger partial charge is 0.408 e. The molecule has 0 bridgehead atoms. The van der Waals surface area contributed by atoms with Gasteiger partial charge in [0.2, 0.25) is 0 Å². The molecule has 0 unspecified atom stereocenters. The summed E-state index contributed by atoms with van der Waals surface area (Å²) >= 11 is 0. The molecule has 1 saturated heterocycles. The fourth-order valence-electron chi connectivity index (χ4n) is 2.92. The second kappa shape index (κ2) is 7.45. The van der Waals surface area contributed by atoms with Gasteiger partial charge in [0.1, 0.15) is 23.4 Å². The van der Waals surface area contributed by atoms with E-state index in [-0.39, 0.29) is 5.56 Å². The third kappa shape index (κ3) is 3.67. The molecule has 3 aromatic rings. The zero-order chi connectivity index (χ0) is 19.5. The van der Waals surface area contributed by atoms with Crippen molar-refractivity contribution in [1.82, 2.24) is 15.3 Å². The van der Waals surface area contributed by atoms with Gasteiger partial charge in [-0.3, -0.25) is 4.98 Å². The second-order valence-corrected chi connectivity index (χ2v) is 6.09. The van der Waals surface area contributed by atoms with E-state index in [1.54, 1.807) is 36.8 Å². The minimum atomic E-state index is -0.950. The number of nitrogens with one attached hydrogen (secondary N) is 1. The predicted molar refractivity (Wildman–Crippen MR) is 95.9 cm³/mol. The predicted octanol–water partition coefficient (Wildman–Crippen LogP) is 3.68. The van der Waals surface area contributed by atoms with E-state index in [0.29, 0.717) is 16.8 Å². The quantitative estimate of drug-likeness (QED) is 0.692. The van der Waals surface area contributed by atoms with Gasteiger partial charge in [0.15, 0.2) is 6.10 Å². The maximum atomic E-state index is 14.2. The zero-order valence-electron chi connectivity index (χ0n) is 14.4. The Kier molecular flexibility index (Phi) is 4.68. The van der Waals surface area contributed by atoms with Crippen LogP contribution in [-0.4, -0.2) is 16.1 Å². The van der Waals surface area contributed by atoms with E-state index in [0.717, 1.165) is 12.1 Å². The van der Waals surface area contributed by atoms with Gasteiger partial charge in [-0.2, -0.15) is 0 Å². The second-order valence-electron chi connectivity index (χ2n) is 6.09.